The first-order valence-electron chi connectivity index (χ1n) is 5.99. The minimum absolute atomic E-state index is 0.0250. The fourth-order valence-corrected chi connectivity index (χ4v) is 2.59. The summed E-state index contributed by atoms with van der Waals surface area (Å²) in [5.41, 5.74) is 1.52. The van der Waals surface area contributed by atoms with E-state index in [1.165, 1.54) is 0 Å². The van der Waals surface area contributed by atoms with Crippen LogP contribution in [-0.2, 0) is 4.74 Å². The molecule has 0 amide bonds. The molecule has 0 bridgehead atoms. The molecule has 0 saturated carbocycles. The summed E-state index contributed by atoms with van der Waals surface area (Å²) < 4.78 is 17.2. The van der Waals surface area contributed by atoms with Crippen LogP contribution in [-0.4, -0.2) is 25.3 Å². The topological polar surface area (TPSA) is 44.8 Å². The number of ketones is 1. The van der Waals surface area contributed by atoms with Crippen LogP contribution in [0.2, 0.25) is 0 Å². The van der Waals surface area contributed by atoms with Gasteiger partial charge in [-0.2, -0.15) is 0 Å². The molecule has 0 aromatic heterocycles. The van der Waals surface area contributed by atoms with E-state index in [1.54, 1.807) is 21.0 Å². The van der Waals surface area contributed by atoms with Gasteiger partial charge in [0, 0.05) is 17.1 Å². The van der Waals surface area contributed by atoms with Crippen LogP contribution in [0.3, 0.4) is 0 Å². The molecule has 1 aliphatic rings. The molecule has 0 aliphatic carbocycles. The molecule has 0 spiro atoms. The lowest BCUT2D eigenvalue weighted by molar-refractivity contribution is 0.0442. The molecule has 19 heavy (non-hydrogen) atoms. The van der Waals surface area contributed by atoms with Crippen molar-refractivity contribution >= 4 is 21.7 Å². The standard InChI is InChI=1S/C14H17BrO4/c1-7-9-12(19-14(3,4)13(9)16)11(18-6-17-5)8(2)10(7)15/h6H2,1-5H3. The molecule has 5 heteroatoms. The first-order valence-corrected chi connectivity index (χ1v) is 6.78. The molecule has 1 aromatic rings. The molecule has 1 aromatic carbocycles. The first-order chi connectivity index (χ1) is 8.81. The van der Waals surface area contributed by atoms with E-state index in [-0.39, 0.29) is 12.6 Å². The number of ether oxygens (including phenoxy) is 3. The second-order valence-electron chi connectivity index (χ2n) is 5.09. The van der Waals surface area contributed by atoms with Gasteiger partial charge in [-0.25, -0.2) is 0 Å². The number of rotatable bonds is 3. The average Bonchev–Trinajstić information content (AvgIpc) is 2.58. The van der Waals surface area contributed by atoms with E-state index in [1.807, 2.05) is 13.8 Å². The molecule has 0 unspecified atom stereocenters. The van der Waals surface area contributed by atoms with Gasteiger partial charge in [0.2, 0.25) is 5.78 Å². The zero-order valence-electron chi connectivity index (χ0n) is 11.7. The Labute approximate surface area is 121 Å². The van der Waals surface area contributed by atoms with Crippen molar-refractivity contribution in [2.24, 2.45) is 0 Å². The second kappa shape index (κ2) is 4.80. The normalized spacial score (nSPS) is 16.2. The fraction of sp³-hybridized carbons (Fsp3) is 0.500. The summed E-state index contributed by atoms with van der Waals surface area (Å²) in [4.78, 5) is 12.4. The largest absolute Gasteiger partial charge is 0.475 e. The predicted molar refractivity (Wildman–Crippen MR) is 75.2 cm³/mol. The zero-order chi connectivity index (χ0) is 14.4. The van der Waals surface area contributed by atoms with Gasteiger partial charge in [0.1, 0.15) is 0 Å². The number of Topliss-reactive ketones (excluding diaryl/α,β-unsaturated/α-hetero) is 1. The lowest BCUT2D eigenvalue weighted by Crippen LogP contribution is -2.32. The van der Waals surface area contributed by atoms with E-state index in [9.17, 15) is 4.79 Å². The highest BCUT2D eigenvalue weighted by Crippen LogP contribution is 2.48. The molecular formula is C14H17BrO4. The molecule has 0 atom stereocenters. The Kier molecular flexibility index (Phi) is 3.62. The van der Waals surface area contributed by atoms with Crippen molar-refractivity contribution in [3.63, 3.8) is 0 Å². The molecule has 0 radical (unpaired) electrons. The number of carbonyl (C=O) groups is 1. The number of hydrogen-bond acceptors (Lipinski definition) is 4. The van der Waals surface area contributed by atoms with Gasteiger partial charge in [0.05, 0.1) is 5.56 Å². The number of fused-ring (bicyclic) bond motifs is 1. The summed E-state index contributed by atoms with van der Waals surface area (Å²) in [6, 6.07) is 0. The van der Waals surface area contributed by atoms with Gasteiger partial charge in [-0.15, -0.1) is 0 Å². The van der Waals surface area contributed by atoms with E-state index in [2.05, 4.69) is 15.9 Å². The Bertz CT molecular complexity index is 549. The number of hydrogen-bond donors (Lipinski definition) is 0. The highest BCUT2D eigenvalue weighted by Gasteiger charge is 2.44. The van der Waals surface area contributed by atoms with Crippen molar-refractivity contribution in [2.45, 2.75) is 33.3 Å². The first kappa shape index (κ1) is 14.3. The van der Waals surface area contributed by atoms with Crippen molar-refractivity contribution in [3.05, 3.63) is 21.2 Å². The summed E-state index contributed by atoms with van der Waals surface area (Å²) in [6.07, 6.45) is 0. The SMILES string of the molecule is COCOc1c(C)c(Br)c(C)c2c1OC(C)(C)C2=O. The summed E-state index contributed by atoms with van der Waals surface area (Å²) in [5.74, 6) is 1.06. The Morgan fingerprint density at radius 2 is 1.89 bits per heavy atom. The minimum Gasteiger partial charge on any atom is -0.475 e. The van der Waals surface area contributed by atoms with Crippen molar-refractivity contribution in [1.82, 2.24) is 0 Å². The van der Waals surface area contributed by atoms with Crippen LogP contribution in [0.25, 0.3) is 0 Å². The van der Waals surface area contributed by atoms with Gasteiger partial charge in [-0.3, -0.25) is 4.79 Å². The van der Waals surface area contributed by atoms with Gasteiger partial charge >= 0.3 is 0 Å². The minimum atomic E-state index is -0.856. The Balaban J connectivity index is 2.66. The maximum Gasteiger partial charge on any atom is 0.209 e. The lowest BCUT2D eigenvalue weighted by Gasteiger charge is -2.18. The summed E-state index contributed by atoms with van der Waals surface area (Å²) >= 11 is 3.51. The van der Waals surface area contributed by atoms with Crippen molar-refractivity contribution in [1.29, 1.82) is 0 Å². The van der Waals surface area contributed by atoms with Crippen LogP contribution in [0.1, 0.15) is 35.3 Å². The summed E-state index contributed by atoms with van der Waals surface area (Å²) in [5, 5.41) is 0. The van der Waals surface area contributed by atoms with E-state index in [4.69, 9.17) is 14.2 Å². The highest BCUT2D eigenvalue weighted by molar-refractivity contribution is 9.10. The number of benzene rings is 1. The molecular weight excluding hydrogens is 312 g/mol. The van der Waals surface area contributed by atoms with Crippen LogP contribution in [0, 0.1) is 13.8 Å². The fourth-order valence-electron chi connectivity index (χ4n) is 2.21. The maximum absolute atomic E-state index is 12.4. The summed E-state index contributed by atoms with van der Waals surface area (Å²) in [6.45, 7) is 7.46. The number of methoxy groups -OCH3 is 1. The van der Waals surface area contributed by atoms with E-state index < -0.39 is 5.60 Å². The predicted octanol–water partition coefficient (Wildman–Crippen LogP) is 3.40. The average molecular weight is 329 g/mol. The molecule has 104 valence electrons. The number of halogens is 1. The van der Waals surface area contributed by atoms with Crippen LogP contribution >= 0.6 is 15.9 Å². The monoisotopic (exact) mass is 328 g/mol. The Morgan fingerprint density at radius 3 is 2.47 bits per heavy atom. The number of carbonyl (C=O) groups excluding carboxylic acids is 1. The molecule has 4 nitrogen and oxygen atoms in total. The van der Waals surface area contributed by atoms with Gasteiger partial charge in [-0.05, 0) is 33.3 Å². The smallest absolute Gasteiger partial charge is 0.209 e. The maximum atomic E-state index is 12.4. The van der Waals surface area contributed by atoms with Crippen LogP contribution in [0.4, 0.5) is 0 Å². The molecule has 1 heterocycles. The lowest BCUT2D eigenvalue weighted by atomic mass is 9.95. The summed E-state index contributed by atoms with van der Waals surface area (Å²) in [7, 11) is 1.55. The van der Waals surface area contributed by atoms with E-state index in [0.717, 1.165) is 15.6 Å². The Hall–Kier alpha value is -1.07. The van der Waals surface area contributed by atoms with Gasteiger partial charge in [-0.1, -0.05) is 15.9 Å². The van der Waals surface area contributed by atoms with Gasteiger partial charge in [0.15, 0.2) is 23.9 Å². The van der Waals surface area contributed by atoms with Crippen molar-refractivity contribution < 1.29 is 19.0 Å². The third-order valence-corrected chi connectivity index (χ3v) is 4.45. The van der Waals surface area contributed by atoms with Crippen LogP contribution in [0.15, 0.2) is 4.47 Å². The quantitative estimate of drug-likeness (QED) is 0.798. The molecule has 0 fully saturated rings. The third kappa shape index (κ3) is 2.15. The highest BCUT2D eigenvalue weighted by atomic mass is 79.9. The van der Waals surface area contributed by atoms with Crippen molar-refractivity contribution in [2.75, 3.05) is 13.9 Å². The Morgan fingerprint density at radius 1 is 1.26 bits per heavy atom. The molecule has 0 saturated heterocycles. The van der Waals surface area contributed by atoms with Crippen molar-refractivity contribution in [3.8, 4) is 11.5 Å². The van der Waals surface area contributed by atoms with Crippen LogP contribution in [0.5, 0.6) is 11.5 Å². The molecule has 1 aliphatic heterocycles. The zero-order valence-corrected chi connectivity index (χ0v) is 13.3. The van der Waals surface area contributed by atoms with E-state index in [0.29, 0.717) is 17.1 Å². The van der Waals surface area contributed by atoms with Gasteiger partial charge in [0.25, 0.3) is 0 Å². The third-order valence-electron chi connectivity index (χ3n) is 3.26. The molecule has 2 rings (SSSR count). The van der Waals surface area contributed by atoms with Gasteiger partial charge < -0.3 is 14.2 Å². The van der Waals surface area contributed by atoms with E-state index >= 15 is 0 Å². The molecule has 0 N–H and O–H groups in total. The second-order valence-corrected chi connectivity index (χ2v) is 5.88. The van der Waals surface area contributed by atoms with Crippen LogP contribution < -0.4 is 9.47 Å².